The van der Waals surface area contributed by atoms with Crippen LogP contribution in [0.15, 0.2) is 72.8 Å². The van der Waals surface area contributed by atoms with Gasteiger partial charge in [0.15, 0.2) is 5.82 Å². The molecule has 1 N–H and O–H groups in total. The molecule has 218 valence electrons. The van der Waals surface area contributed by atoms with E-state index in [-0.39, 0.29) is 0 Å². The van der Waals surface area contributed by atoms with E-state index in [9.17, 15) is 0 Å². The predicted molar refractivity (Wildman–Crippen MR) is 176 cm³/mol. The molecule has 4 aromatic rings. The van der Waals surface area contributed by atoms with Crippen molar-refractivity contribution in [1.29, 1.82) is 0 Å². The maximum Gasteiger partial charge on any atom is 0.162 e. The molecule has 1 saturated heterocycles. The van der Waals surface area contributed by atoms with Crippen molar-refractivity contribution in [3.63, 3.8) is 0 Å². The summed E-state index contributed by atoms with van der Waals surface area (Å²) in [6, 6.07) is 26.9. The van der Waals surface area contributed by atoms with Crippen LogP contribution in [0.3, 0.4) is 0 Å². The summed E-state index contributed by atoms with van der Waals surface area (Å²) in [4.78, 5) is 15.6. The molecule has 1 fully saturated rings. The lowest BCUT2D eigenvalue weighted by molar-refractivity contribution is 0.462. The highest BCUT2D eigenvalue weighted by atomic mass is 15.3. The second-order valence-electron chi connectivity index (χ2n) is 11.8. The second-order valence-corrected chi connectivity index (χ2v) is 11.8. The zero-order valence-electron chi connectivity index (χ0n) is 25.6. The van der Waals surface area contributed by atoms with Crippen LogP contribution in [0.2, 0.25) is 0 Å². The zero-order chi connectivity index (χ0) is 28.9. The number of benzene rings is 3. The highest BCUT2D eigenvalue weighted by Gasteiger charge is 2.25. The first-order chi connectivity index (χ1) is 20.7. The van der Waals surface area contributed by atoms with Gasteiger partial charge in [0.25, 0.3) is 0 Å². The number of aromatic nitrogens is 2. The Hall–Kier alpha value is -3.70. The summed E-state index contributed by atoms with van der Waals surface area (Å²) in [5, 5.41) is 3.91. The largest absolute Gasteiger partial charge is 0.368 e. The smallest absolute Gasteiger partial charge is 0.162 e. The van der Waals surface area contributed by atoms with E-state index in [0.717, 1.165) is 69.3 Å². The second kappa shape index (κ2) is 13.1. The summed E-state index contributed by atoms with van der Waals surface area (Å²) < 4.78 is 0. The van der Waals surface area contributed by atoms with Gasteiger partial charge in [0.2, 0.25) is 0 Å². The fourth-order valence-corrected chi connectivity index (χ4v) is 6.93. The number of nitrogens with zero attached hydrogens (tertiary/aromatic N) is 4. The lowest BCUT2D eigenvalue weighted by atomic mass is 9.87. The Morgan fingerprint density at radius 3 is 2.21 bits per heavy atom. The minimum Gasteiger partial charge on any atom is -0.368 e. The van der Waals surface area contributed by atoms with E-state index in [0.29, 0.717) is 6.04 Å². The molecule has 42 heavy (non-hydrogen) atoms. The third-order valence-corrected chi connectivity index (χ3v) is 9.25. The van der Waals surface area contributed by atoms with Crippen molar-refractivity contribution in [3.8, 4) is 11.4 Å². The summed E-state index contributed by atoms with van der Waals surface area (Å²) in [6.07, 6.45) is 6.53. The van der Waals surface area contributed by atoms with Crippen LogP contribution in [-0.4, -0.2) is 42.7 Å². The van der Waals surface area contributed by atoms with E-state index in [1.807, 2.05) is 0 Å². The normalized spacial score (nSPS) is 16.9. The van der Waals surface area contributed by atoms with E-state index < -0.39 is 0 Å². The van der Waals surface area contributed by atoms with E-state index in [4.69, 9.17) is 9.97 Å². The number of nitrogens with one attached hydrogen (secondary N) is 1. The molecule has 0 amide bonds. The Bertz CT molecular complexity index is 1470. The van der Waals surface area contributed by atoms with Crippen molar-refractivity contribution < 1.29 is 0 Å². The number of piperazine rings is 1. The van der Waals surface area contributed by atoms with Crippen molar-refractivity contribution in [3.05, 3.63) is 106 Å². The summed E-state index contributed by atoms with van der Waals surface area (Å²) in [6.45, 7) is 11.5. The fraction of sp³-hybridized carbons (Fsp3) is 0.405. The maximum atomic E-state index is 5.41. The molecule has 5 nitrogen and oxygen atoms in total. The molecule has 0 spiro atoms. The average Bonchev–Trinajstić information content (AvgIpc) is 3.05. The van der Waals surface area contributed by atoms with Gasteiger partial charge in [-0.05, 0) is 86.4 Å². The van der Waals surface area contributed by atoms with Gasteiger partial charge in [0, 0.05) is 54.7 Å². The van der Waals surface area contributed by atoms with Crippen LogP contribution in [0.25, 0.3) is 11.4 Å². The van der Waals surface area contributed by atoms with Gasteiger partial charge in [-0.3, -0.25) is 0 Å². The van der Waals surface area contributed by atoms with Crippen LogP contribution >= 0.6 is 0 Å². The summed E-state index contributed by atoms with van der Waals surface area (Å²) in [5.74, 6) is 2.02. The Morgan fingerprint density at radius 2 is 1.48 bits per heavy atom. The van der Waals surface area contributed by atoms with Gasteiger partial charge in [-0.2, -0.15) is 0 Å². The third-order valence-electron chi connectivity index (χ3n) is 9.25. The summed E-state index contributed by atoms with van der Waals surface area (Å²) >= 11 is 0. The molecular weight excluding hydrogens is 514 g/mol. The molecule has 2 aliphatic rings. The van der Waals surface area contributed by atoms with Crippen molar-refractivity contribution in [2.24, 2.45) is 0 Å². The Morgan fingerprint density at radius 1 is 0.786 bits per heavy atom. The Kier molecular flexibility index (Phi) is 8.85. The van der Waals surface area contributed by atoms with Crippen LogP contribution in [0.1, 0.15) is 66.2 Å². The van der Waals surface area contributed by atoms with Crippen LogP contribution in [-0.2, 0) is 25.7 Å². The topological polar surface area (TPSA) is 44.3 Å². The molecule has 1 aliphatic carbocycles. The molecule has 2 heterocycles. The quantitative estimate of drug-likeness (QED) is 0.237. The zero-order valence-corrected chi connectivity index (χ0v) is 25.6. The molecule has 0 bridgehead atoms. The number of para-hydroxylation sites is 1. The number of aryl methyl sites for hydroxylation is 4. The van der Waals surface area contributed by atoms with Crippen LogP contribution in [0.4, 0.5) is 11.5 Å². The van der Waals surface area contributed by atoms with E-state index >= 15 is 0 Å². The van der Waals surface area contributed by atoms with Crippen molar-refractivity contribution in [1.82, 2.24) is 15.3 Å². The molecule has 0 saturated carbocycles. The van der Waals surface area contributed by atoms with Crippen LogP contribution in [0, 0.1) is 6.92 Å². The third kappa shape index (κ3) is 5.94. The minimum atomic E-state index is 0.428. The SMILES string of the molecule is CCc1cccc(CC)c1-c1nc(C)c(CCN[C@H]2CCCc3ccccc32)c(N2CCN(c3ccccc3)CC2)n1. The standard InChI is InChI=1S/C37H45N5/c1-4-28-14-11-15-29(5-2)35(28)36-39-27(3)32(21-22-38-34-20-12-16-30-13-9-10-19-33(30)34)37(40-36)42-25-23-41(24-26-42)31-17-7-6-8-18-31/h6-11,13-15,17-19,34,38H,4-5,12,16,20-26H2,1-3H3/t34-/m0/s1. The first-order valence-electron chi connectivity index (χ1n) is 16.0. The number of hydrogen-bond acceptors (Lipinski definition) is 5. The van der Waals surface area contributed by atoms with Gasteiger partial charge in [-0.1, -0.05) is 74.5 Å². The first-order valence-corrected chi connectivity index (χ1v) is 16.0. The highest BCUT2D eigenvalue weighted by molar-refractivity contribution is 5.68. The molecule has 1 aromatic heterocycles. The molecular formula is C37H45N5. The molecule has 5 heteroatoms. The van der Waals surface area contributed by atoms with Gasteiger partial charge in [-0.25, -0.2) is 9.97 Å². The summed E-state index contributed by atoms with van der Waals surface area (Å²) in [5.41, 5.74) is 10.6. The van der Waals surface area contributed by atoms with E-state index in [2.05, 4.69) is 109 Å². The Balaban J connectivity index is 1.29. The lowest BCUT2D eigenvalue weighted by Crippen LogP contribution is -2.47. The average molecular weight is 560 g/mol. The van der Waals surface area contributed by atoms with Gasteiger partial charge >= 0.3 is 0 Å². The highest BCUT2D eigenvalue weighted by Crippen LogP contribution is 2.33. The summed E-state index contributed by atoms with van der Waals surface area (Å²) in [7, 11) is 0. The van der Waals surface area contributed by atoms with E-state index in [1.54, 1.807) is 0 Å². The van der Waals surface area contributed by atoms with Gasteiger partial charge < -0.3 is 15.1 Å². The number of fused-ring (bicyclic) bond motifs is 1. The number of anilines is 2. The molecule has 3 aromatic carbocycles. The fourth-order valence-electron chi connectivity index (χ4n) is 6.93. The Labute approximate surface area is 252 Å². The number of hydrogen-bond donors (Lipinski definition) is 1. The molecule has 0 unspecified atom stereocenters. The van der Waals surface area contributed by atoms with Crippen molar-refractivity contribution in [2.45, 2.75) is 65.3 Å². The van der Waals surface area contributed by atoms with Crippen LogP contribution < -0.4 is 15.1 Å². The van der Waals surface area contributed by atoms with Crippen molar-refractivity contribution >= 4 is 11.5 Å². The predicted octanol–water partition coefficient (Wildman–Crippen LogP) is 7.11. The first kappa shape index (κ1) is 28.4. The van der Waals surface area contributed by atoms with Gasteiger partial charge in [0.05, 0.1) is 0 Å². The monoisotopic (exact) mass is 559 g/mol. The lowest BCUT2D eigenvalue weighted by Gasteiger charge is -2.38. The molecule has 1 atom stereocenters. The molecule has 0 radical (unpaired) electrons. The van der Waals surface area contributed by atoms with Crippen LogP contribution in [0.5, 0.6) is 0 Å². The van der Waals surface area contributed by atoms with Crippen molar-refractivity contribution in [2.75, 3.05) is 42.5 Å². The maximum absolute atomic E-state index is 5.41. The van der Waals surface area contributed by atoms with Gasteiger partial charge in [0.1, 0.15) is 5.82 Å². The number of rotatable bonds is 9. The molecule has 6 rings (SSSR count). The van der Waals surface area contributed by atoms with Gasteiger partial charge in [-0.15, -0.1) is 0 Å². The minimum absolute atomic E-state index is 0.428. The van der Waals surface area contributed by atoms with E-state index in [1.165, 1.54) is 58.3 Å². The molecule has 1 aliphatic heterocycles.